The van der Waals surface area contributed by atoms with E-state index in [0.29, 0.717) is 6.61 Å². The molecule has 0 bridgehead atoms. The monoisotopic (exact) mass is 604 g/mol. The topological polar surface area (TPSA) is 118 Å². The highest BCUT2D eigenvalue weighted by molar-refractivity contribution is 5.91. The Bertz CT molecular complexity index is 1300. The summed E-state index contributed by atoms with van der Waals surface area (Å²) in [7, 11) is 0. The number of unbranched alkanes of at least 4 members (excludes halogenated alkanes) is 5. The quantitative estimate of drug-likeness (QED) is 0.124. The number of aliphatic hydroxyl groups excluding tert-OH is 1. The third-order valence-electron chi connectivity index (χ3n) is 7.31. The van der Waals surface area contributed by atoms with Crippen molar-refractivity contribution in [2.45, 2.75) is 76.2 Å². The summed E-state index contributed by atoms with van der Waals surface area (Å²) >= 11 is 0. The van der Waals surface area contributed by atoms with Crippen molar-refractivity contribution in [3.05, 3.63) is 108 Å². The van der Waals surface area contributed by atoms with Gasteiger partial charge in [-0.15, -0.1) is 0 Å². The minimum Gasteiger partial charge on any atom is -0.453 e. The Morgan fingerprint density at radius 2 is 1.16 bits per heavy atom. The van der Waals surface area contributed by atoms with Crippen molar-refractivity contribution >= 4 is 17.9 Å². The maximum atomic E-state index is 13.3. The van der Waals surface area contributed by atoms with E-state index in [1.807, 2.05) is 0 Å². The zero-order valence-corrected chi connectivity index (χ0v) is 24.9. The van der Waals surface area contributed by atoms with Crippen LogP contribution in [0.3, 0.4) is 0 Å². The maximum absolute atomic E-state index is 13.3. The predicted octanol–water partition coefficient (Wildman–Crippen LogP) is 5.76. The average molecular weight is 605 g/mol. The molecular formula is C35H40O9. The van der Waals surface area contributed by atoms with Crippen molar-refractivity contribution in [2.24, 2.45) is 0 Å². The molecule has 1 aliphatic heterocycles. The molecule has 0 radical (unpaired) electrons. The van der Waals surface area contributed by atoms with Crippen LogP contribution in [0.1, 0.15) is 76.5 Å². The summed E-state index contributed by atoms with van der Waals surface area (Å²) < 4.78 is 29.7. The SMILES string of the molecule is CCCCCCCCO[C@H]1O[C@H]([C@H](CO)OC(=O)c2ccccc2)[C@@H](OC(=O)c2ccccc2)[C@@H]1OC(=O)c1ccccc1. The highest BCUT2D eigenvalue weighted by Crippen LogP contribution is 2.33. The van der Waals surface area contributed by atoms with Crippen LogP contribution in [-0.2, 0) is 23.7 Å². The lowest BCUT2D eigenvalue weighted by atomic mass is 10.0. The molecule has 0 saturated carbocycles. The van der Waals surface area contributed by atoms with E-state index in [2.05, 4.69) is 6.92 Å². The number of rotatable bonds is 16. The second-order valence-corrected chi connectivity index (χ2v) is 10.6. The van der Waals surface area contributed by atoms with Crippen LogP contribution < -0.4 is 0 Å². The number of esters is 3. The second kappa shape index (κ2) is 17.3. The first-order chi connectivity index (χ1) is 21.5. The van der Waals surface area contributed by atoms with E-state index >= 15 is 0 Å². The highest BCUT2D eigenvalue weighted by atomic mass is 16.7. The molecular weight excluding hydrogens is 564 g/mol. The van der Waals surface area contributed by atoms with E-state index in [1.165, 1.54) is 6.42 Å². The molecule has 1 fully saturated rings. The zero-order valence-electron chi connectivity index (χ0n) is 24.9. The lowest BCUT2D eigenvalue weighted by Crippen LogP contribution is -2.47. The van der Waals surface area contributed by atoms with Crippen LogP contribution in [0.4, 0.5) is 0 Å². The summed E-state index contributed by atoms with van der Waals surface area (Å²) in [6.45, 7) is 1.81. The van der Waals surface area contributed by atoms with Crippen molar-refractivity contribution in [3.8, 4) is 0 Å². The smallest absolute Gasteiger partial charge is 0.338 e. The Morgan fingerprint density at radius 1 is 0.682 bits per heavy atom. The van der Waals surface area contributed by atoms with Gasteiger partial charge in [-0.1, -0.05) is 93.6 Å². The molecule has 0 amide bonds. The number of carbonyl (C=O) groups excluding carboxylic acids is 3. The first-order valence-electron chi connectivity index (χ1n) is 15.2. The molecule has 9 heteroatoms. The number of carbonyl (C=O) groups is 3. The highest BCUT2D eigenvalue weighted by Gasteiger charge is 2.54. The Labute approximate surface area is 258 Å². The van der Waals surface area contributed by atoms with Gasteiger partial charge in [0.15, 0.2) is 24.6 Å². The minimum atomic E-state index is -1.27. The summed E-state index contributed by atoms with van der Waals surface area (Å²) in [4.78, 5) is 39.4. The third-order valence-corrected chi connectivity index (χ3v) is 7.31. The van der Waals surface area contributed by atoms with Gasteiger partial charge in [0, 0.05) is 6.61 Å². The predicted molar refractivity (Wildman–Crippen MR) is 162 cm³/mol. The van der Waals surface area contributed by atoms with Gasteiger partial charge in [-0.25, -0.2) is 14.4 Å². The number of hydrogen-bond donors (Lipinski definition) is 1. The largest absolute Gasteiger partial charge is 0.453 e. The summed E-state index contributed by atoms with van der Waals surface area (Å²) in [6.07, 6.45) is 0.100. The van der Waals surface area contributed by atoms with Gasteiger partial charge in [0.25, 0.3) is 0 Å². The number of benzene rings is 3. The van der Waals surface area contributed by atoms with Gasteiger partial charge in [0.1, 0.15) is 6.10 Å². The van der Waals surface area contributed by atoms with Gasteiger partial charge in [-0.05, 0) is 42.8 Å². The molecule has 234 valence electrons. The summed E-state index contributed by atoms with van der Waals surface area (Å²) in [5.74, 6) is -2.07. The zero-order chi connectivity index (χ0) is 31.1. The second-order valence-electron chi connectivity index (χ2n) is 10.6. The van der Waals surface area contributed by atoms with E-state index in [-0.39, 0.29) is 16.7 Å². The fourth-order valence-corrected chi connectivity index (χ4v) is 4.94. The molecule has 0 aliphatic carbocycles. The van der Waals surface area contributed by atoms with Crippen molar-refractivity contribution in [1.82, 2.24) is 0 Å². The Hall–Kier alpha value is -4.05. The molecule has 1 aliphatic rings. The molecule has 0 aromatic heterocycles. The summed E-state index contributed by atoms with van der Waals surface area (Å²) in [6, 6.07) is 25.0. The van der Waals surface area contributed by atoms with E-state index in [9.17, 15) is 19.5 Å². The first-order valence-corrected chi connectivity index (χ1v) is 15.2. The van der Waals surface area contributed by atoms with E-state index in [1.54, 1.807) is 91.0 Å². The van der Waals surface area contributed by atoms with Gasteiger partial charge < -0.3 is 28.8 Å². The minimum absolute atomic E-state index is 0.262. The fraction of sp³-hybridized carbons (Fsp3) is 0.400. The molecule has 1 N–H and O–H groups in total. The maximum Gasteiger partial charge on any atom is 0.338 e. The molecule has 0 spiro atoms. The van der Waals surface area contributed by atoms with Gasteiger partial charge in [0.05, 0.1) is 23.3 Å². The fourth-order valence-electron chi connectivity index (χ4n) is 4.94. The molecule has 3 aromatic carbocycles. The van der Waals surface area contributed by atoms with Crippen LogP contribution in [0, 0.1) is 0 Å². The number of hydrogen-bond acceptors (Lipinski definition) is 9. The van der Waals surface area contributed by atoms with Crippen LogP contribution in [-0.4, -0.2) is 66.9 Å². The molecule has 5 atom stereocenters. The lowest BCUT2D eigenvalue weighted by Gasteiger charge is -2.27. The summed E-state index contributed by atoms with van der Waals surface area (Å²) in [5.41, 5.74) is 0.815. The van der Waals surface area contributed by atoms with Crippen LogP contribution in [0.5, 0.6) is 0 Å². The molecule has 44 heavy (non-hydrogen) atoms. The van der Waals surface area contributed by atoms with Crippen molar-refractivity contribution in [2.75, 3.05) is 13.2 Å². The number of ether oxygens (including phenoxy) is 5. The van der Waals surface area contributed by atoms with Gasteiger partial charge in [-0.2, -0.15) is 0 Å². The van der Waals surface area contributed by atoms with Crippen LogP contribution in [0.15, 0.2) is 91.0 Å². The average Bonchev–Trinajstić information content (AvgIpc) is 3.39. The van der Waals surface area contributed by atoms with Gasteiger partial charge in [0.2, 0.25) is 0 Å². The molecule has 3 aromatic rings. The first kappa shape index (κ1) is 32.9. The standard InChI is InChI=1S/C35H40O9/c1-2-3-4-5-6-16-23-40-35-31(43-34(39)27-21-14-9-15-22-27)30(42-33(38)26-19-12-8-13-20-26)29(44-35)28(24-36)41-32(37)25-17-10-7-11-18-25/h7-15,17-22,28-31,35-36H,2-6,16,23-24H2,1H3/t28-,29+,30+,31-,35-/m0/s1. The Balaban J connectivity index is 1.59. The van der Waals surface area contributed by atoms with Gasteiger partial charge in [-0.3, -0.25) is 0 Å². The molecule has 4 rings (SSSR count). The molecule has 1 saturated heterocycles. The van der Waals surface area contributed by atoms with Crippen molar-refractivity contribution in [1.29, 1.82) is 0 Å². The summed E-state index contributed by atoms with van der Waals surface area (Å²) in [5, 5.41) is 10.4. The Kier molecular flexibility index (Phi) is 12.9. The Morgan fingerprint density at radius 3 is 1.68 bits per heavy atom. The van der Waals surface area contributed by atoms with Gasteiger partial charge >= 0.3 is 17.9 Å². The van der Waals surface area contributed by atoms with Crippen LogP contribution in [0.25, 0.3) is 0 Å². The van der Waals surface area contributed by atoms with Crippen LogP contribution >= 0.6 is 0 Å². The number of aliphatic hydroxyl groups is 1. The van der Waals surface area contributed by atoms with Crippen molar-refractivity contribution in [3.63, 3.8) is 0 Å². The molecule has 9 nitrogen and oxygen atoms in total. The van der Waals surface area contributed by atoms with Crippen LogP contribution in [0.2, 0.25) is 0 Å². The third kappa shape index (κ3) is 9.22. The van der Waals surface area contributed by atoms with Crippen molar-refractivity contribution < 1.29 is 43.2 Å². The van der Waals surface area contributed by atoms with E-state index in [0.717, 1.165) is 32.1 Å². The normalized spacial score (nSPS) is 20.0. The molecule has 1 heterocycles. The van der Waals surface area contributed by atoms with E-state index in [4.69, 9.17) is 23.7 Å². The lowest BCUT2D eigenvalue weighted by molar-refractivity contribution is -0.182. The molecule has 0 unspecified atom stereocenters. The van der Waals surface area contributed by atoms with E-state index < -0.39 is 55.2 Å².